The fraction of sp³-hybridized carbons (Fsp3) is 1.00. The molecule has 0 saturated heterocycles. The Hall–Kier alpha value is 0.883. The molecule has 11 heavy (non-hydrogen) atoms. The second-order valence-electron chi connectivity index (χ2n) is 3.82. The Balaban J connectivity index is 4.67. The summed E-state index contributed by atoms with van der Waals surface area (Å²) in [6.07, 6.45) is 0. The van der Waals surface area contributed by atoms with Gasteiger partial charge in [0.2, 0.25) is 0 Å². The molecule has 0 radical (unpaired) electrons. The van der Waals surface area contributed by atoms with Crippen LogP contribution in [0.25, 0.3) is 0 Å². The van der Waals surface area contributed by atoms with E-state index in [1.165, 1.54) is 0 Å². The van der Waals surface area contributed by atoms with Gasteiger partial charge in [0.15, 0.2) is 0 Å². The van der Waals surface area contributed by atoms with Gasteiger partial charge >= 0.3 is 74.0 Å². The molecule has 0 saturated carbocycles. The van der Waals surface area contributed by atoms with Crippen molar-refractivity contribution in [2.75, 3.05) is 0 Å². The van der Waals surface area contributed by atoms with Crippen LogP contribution in [-0.2, 0) is 0 Å². The van der Waals surface area contributed by atoms with Gasteiger partial charge in [0.05, 0.1) is 0 Å². The van der Waals surface area contributed by atoms with Gasteiger partial charge in [-0.3, -0.25) is 0 Å². The van der Waals surface area contributed by atoms with Crippen LogP contribution in [0.15, 0.2) is 0 Å². The van der Waals surface area contributed by atoms with E-state index in [-0.39, 0.29) is 0 Å². The van der Waals surface area contributed by atoms with Crippen molar-refractivity contribution in [3.05, 3.63) is 0 Å². The molecule has 0 atom stereocenters. The first kappa shape index (κ1) is 11.9. The van der Waals surface area contributed by atoms with Gasteiger partial charge < -0.3 is 0 Å². The SMILES string of the molecule is C[CH2][Bi]([CH2]C)([CH2]C)([CH2]C)[CH2]C. The van der Waals surface area contributed by atoms with Gasteiger partial charge in [-0.2, -0.15) is 0 Å². The van der Waals surface area contributed by atoms with E-state index >= 15 is 0 Å². The van der Waals surface area contributed by atoms with Gasteiger partial charge in [-0.25, -0.2) is 0 Å². The van der Waals surface area contributed by atoms with Crippen LogP contribution in [0.2, 0.25) is 20.6 Å². The summed E-state index contributed by atoms with van der Waals surface area (Å²) in [6, 6.07) is 0. The van der Waals surface area contributed by atoms with Crippen molar-refractivity contribution in [2.45, 2.75) is 55.3 Å². The minimum atomic E-state index is -2.11. The van der Waals surface area contributed by atoms with Crippen LogP contribution < -0.4 is 0 Å². The van der Waals surface area contributed by atoms with Crippen molar-refractivity contribution in [3.8, 4) is 0 Å². The first-order valence-corrected chi connectivity index (χ1v) is 17.4. The third kappa shape index (κ3) is 1.97. The van der Waals surface area contributed by atoms with E-state index in [2.05, 4.69) is 34.6 Å². The summed E-state index contributed by atoms with van der Waals surface area (Å²) >= 11 is -2.11. The molecule has 0 aliphatic rings. The van der Waals surface area contributed by atoms with Crippen LogP contribution >= 0.6 is 0 Å². The summed E-state index contributed by atoms with van der Waals surface area (Å²) in [5.41, 5.74) is 0. The first-order chi connectivity index (χ1) is 5.12. The molecule has 0 bridgehead atoms. The number of hydrogen-bond acceptors (Lipinski definition) is 0. The van der Waals surface area contributed by atoms with Crippen molar-refractivity contribution >= 4 is 18.8 Å². The third-order valence-electron chi connectivity index (χ3n) is 4.47. The molecule has 0 spiro atoms. The van der Waals surface area contributed by atoms with Gasteiger partial charge in [-0.15, -0.1) is 0 Å². The molecular weight excluding hydrogens is 329 g/mol. The average molecular weight is 354 g/mol. The third-order valence-corrected chi connectivity index (χ3v) is 39.2. The summed E-state index contributed by atoms with van der Waals surface area (Å²) in [5, 5.41) is 0. The van der Waals surface area contributed by atoms with Crippen molar-refractivity contribution < 1.29 is 0 Å². The molecular formula is C10H25Bi. The summed E-state index contributed by atoms with van der Waals surface area (Å²) in [6.45, 7) is 12.2. The predicted molar refractivity (Wildman–Crippen MR) is 58.2 cm³/mol. The van der Waals surface area contributed by atoms with E-state index in [1.807, 2.05) is 0 Å². The van der Waals surface area contributed by atoms with Gasteiger partial charge in [0.25, 0.3) is 0 Å². The topological polar surface area (TPSA) is 0 Å². The fourth-order valence-corrected chi connectivity index (χ4v) is 19.6. The molecule has 0 fully saturated rings. The van der Waals surface area contributed by atoms with Gasteiger partial charge in [0, 0.05) is 0 Å². The molecule has 0 aromatic heterocycles. The molecule has 70 valence electrons. The molecule has 1 heteroatoms. The quantitative estimate of drug-likeness (QED) is 0.638. The zero-order valence-electron chi connectivity index (χ0n) is 8.98. The molecule has 0 N–H and O–H groups in total. The predicted octanol–water partition coefficient (Wildman–Crippen LogP) is 4.49. The van der Waals surface area contributed by atoms with Gasteiger partial charge in [-0.05, 0) is 0 Å². The minimum absolute atomic E-state index is 1.55. The Morgan fingerprint density at radius 3 is 0.727 bits per heavy atom. The molecule has 0 unspecified atom stereocenters. The normalized spacial score (nSPS) is 15.9. The summed E-state index contributed by atoms with van der Waals surface area (Å²) in [5.74, 6) is 0. The first-order valence-electron chi connectivity index (χ1n) is 5.12. The average Bonchev–Trinajstić information content (AvgIpc) is 2.12. The van der Waals surface area contributed by atoms with E-state index in [9.17, 15) is 0 Å². The Bertz CT molecular complexity index is 77.2. The van der Waals surface area contributed by atoms with Crippen LogP contribution in [0.5, 0.6) is 0 Å². The summed E-state index contributed by atoms with van der Waals surface area (Å²) < 4.78 is 7.74. The van der Waals surface area contributed by atoms with Crippen molar-refractivity contribution in [3.63, 3.8) is 0 Å². The van der Waals surface area contributed by atoms with E-state index in [0.29, 0.717) is 0 Å². The van der Waals surface area contributed by atoms with Crippen molar-refractivity contribution in [1.82, 2.24) is 0 Å². The molecule has 0 amide bonds. The van der Waals surface area contributed by atoms with Gasteiger partial charge in [0.1, 0.15) is 0 Å². The zero-order chi connectivity index (χ0) is 8.98. The second kappa shape index (κ2) is 4.21. The molecule has 0 aliphatic heterocycles. The Kier molecular flexibility index (Phi) is 4.55. The Morgan fingerprint density at radius 2 is 0.727 bits per heavy atom. The molecule has 0 rings (SSSR count). The molecule has 0 aromatic rings. The summed E-state index contributed by atoms with van der Waals surface area (Å²) in [4.78, 5) is 0. The standard InChI is InChI=1S/5C2H5.Bi/c5*1-2;/h5*1H2,2H3;. The molecule has 0 aromatic carbocycles. The maximum atomic E-state index is 2.44. The monoisotopic (exact) mass is 354 g/mol. The molecule has 0 aliphatic carbocycles. The van der Waals surface area contributed by atoms with Crippen LogP contribution in [-0.4, -0.2) is 18.8 Å². The number of hydrogen-bond donors (Lipinski definition) is 0. The van der Waals surface area contributed by atoms with Crippen molar-refractivity contribution in [2.24, 2.45) is 0 Å². The van der Waals surface area contributed by atoms with Crippen LogP contribution in [0, 0.1) is 0 Å². The second-order valence-corrected chi connectivity index (χ2v) is 33.5. The fourth-order valence-electron chi connectivity index (χ4n) is 2.24. The summed E-state index contributed by atoms with van der Waals surface area (Å²) in [7, 11) is 0. The van der Waals surface area contributed by atoms with Crippen LogP contribution in [0.3, 0.4) is 0 Å². The molecule has 0 heterocycles. The Morgan fingerprint density at radius 1 is 0.545 bits per heavy atom. The van der Waals surface area contributed by atoms with E-state index in [0.717, 1.165) is 0 Å². The van der Waals surface area contributed by atoms with E-state index < -0.39 is 18.8 Å². The van der Waals surface area contributed by atoms with Crippen LogP contribution in [0.4, 0.5) is 0 Å². The van der Waals surface area contributed by atoms with Crippen LogP contribution in [0.1, 0.15) is 34.6 Å². The maximum absolute atomic E-state index is 2.44. The molecule has 0 nitrogen and oxygen atoms in total. The van der Waals surface area contributed by atoms with Crippen molar-refractivity contribution in [1.29, 1.82) is 0 Å². The Labute approximate surface area is 73.9 Å². The number of rotatable bonds is 5. The van der Waals surface area contributed by atoms with E-state index in [4.69, 9.17) is 0 Å². The van der Waals surface area contributed by atoms with E-state index in [1.54, 1.807) is 20.6 Å². The van der Waals surface area contributed by atoms with Gasteiger partial charge in [-0.1, -0.05) is 0 Å². The zero-order valence-corrected chi connectivity index (χ0v) is 12.5.